The number of anilines is 1. The van der Waals surface area contributed by atoms with Crippen molar-refractivity contribution in [2.45, 2.75) is 44.2 Å². The zero-order chi connectivity index (χ0) is 14.5. The first-order valence-electron chi connectivity index (χ1n) is 8.56. The molecule has 1 atom stereocenters. The maximum absolute atomic E-state index is 3.67. The molecule has 0 amide bonds. The fourth-order valence-corrected chi connectivity index (χ4v) is 3.78. The average molecular weight is 287 g/mol. The zero-order valence-corrected chi connectivity index (χ0v) is 13.3. The summed E-state index contributed by atoms with van der Waals surface area (Å²) < 4.78 is 0. The monoisotopic (exact) mass is 287 g/mol. The summed E-state index contributed by atoms with van der Waals surface area (Å²) in [7, 11) is 2.32. The highest BCUT2D eigenvalue weighted by Gasteiger charge is 2.24. The van der Waals surface area contributed by atoms with Crippen LogP contribution >= 0.6 is 0 Å². The van der Waals surface area contributed by atoms with E-state index in [2.05, 4.69) is 52.5 Å². The summed E-state index contributed by atoms with van der Waals surface area (Å²) >= 11 is 0. The molecule has 2 fully saturated rings. The van der Waals surface area contributed by atoms with Crippen LogP contribution in [0.2, 0.25) is 0 Å². The Morgan fingerprint density at radius 3 is 2.52 bits per heavy atom. The molecule has 2 aliphatic heterocycles. The third-order valence-electron chi connectivity index (χ3n) is 5.13. The van der Waals surface area contributed by atoms with Gasteiger partial charge in [0.2, 0.25) is 0 Å². The molecule has 0 aromatic heterocycles. The summed E-state index contributed by atoms with van der Waals surface area (Å²) in [5.74, 6) is 0. The molecule has 21 heavy (non-hydrogen) atoms. The molecule has 1 aromatic carbocycles. The van der Waals surface area contributed by atoms with Crippen molar-refractivity contribution in [1.29, 1.82) is 0 Å². The van der Waals surface area contributed by atoms with E-state index in [9.17, 15) is 0 Å². The van der Waals surface area contributed by atoms with Gasteiger partial charge >= 0.3 is 0 Å². The van der Waals surface area contributed by atoms with Gasteiger partial charge in [-0.05, 0) is 51.4 Å². The first-order valence-corrected chi connectivity index (χ1v) is 8.56. The van der Waals surface area contributed by atoms with Crippen molar-refractivity contribution < 1.29 is 0 Å². The maximum atomic E-state index is 3.67. The fourth-order valence-electron chi connectivity index (χ4n) is 3.78. The van der Waals surface area contributed by atoms with Gasteiger partial charge in [-0.1, -0.05) is 24.6 Å². The fraction of sp³-hybridized carbons (Fsp3) is 0.667. The van der Waals surface area contributed by atoms with E-state index in [1.165, 1.54) is 64.0 Å². The SMILES string of the molecule is CN(CC1CCCCN1)C1CCN(c2ccccc2)CC1. The van der Waals surface area contributed by atoms with Crippen LogP contribution in [-0.2, 0) is 0 Å². The van der Waals surface area contributed by atoms with Crippen molar-refractivity contribution in [3.8, 4) is 0 Å². The number of nitrogens with zero attached hydrogens (tertiary/aromatic N) is 2. The zero-order valence-electron chi connectivity index (χ0n) is 13.3. The first kappa shape index (κ1) is 14.9. The van der Waals surface area contributed by atoms with Crippen molar-refractivity contribution in [3.05, 3.63) is 30.3 Å². The van der Waals surface area contributed by atoms with Gasteiger partial charge in [0.25, 0.3) is 0 Å². The Labute approximate surface area is 129 Å². The number of nitrogens with one attached hydrogen (secondary N) is 1. The Hall–Kier alpha value is -1.06. The summed E-state index contributed by atoms with van der Waals surface area (Å²) in [6.07, 6.45) is 6.69. The number of benzene rings is 1. The van der Waals surface area contributed by atoms with Crippen molar-refractivity contribution in [1.82, 2.24) is 10.2 Å². The molecule has 0 aliphatic carbocycles. The molecule has 2 heterocycles. The van der Waals surface area contributed by atoms with Gasteiger partial charge in [-0.25, -0.2) is 0 Å². The topological polar surface area (TPSA) is 18.5 Å². The third kappa shape index (κ3) is 3.98. The van der Waals surface area contributed by atoms with E-state index in [0.29, 0.717) is 0 Å². The van der Waals surface area contributed by atoms with E-state index in [1.54, 1.807) is 0 Å². The van der Waals surface area contributed by atoms with E-state index in [1.807, 2.05) is 0 Å². The van der Waals surface area contributed by atoms with E-state index in [-0.39, 0.29) is 0 Å². The Balaban J connectivity index is 1.46. The predicted octanol–water partition coefficient (Wildman–Crippen LogP) is 2.73. The van der Waals surface area contributed by atoms with Gasteiger partial charge in [0, 0.05) is 37.4 Å². The molecular weight excluding hydrogens is 258 g/mol. The van der Waals surface area contributed by atoms with Crippen LogP contribution in [0.1, 0.15) is 32.1 Å². The number of hydrogen-bond donors (Lipinski definition) is 1. The lowest BCUT2D eigenvalue weighted by molar-refractivity contribution is 0.178. The van der Waals surface area contributed by atoms with E-state index >= 15 is 0 Å². The van der Waals surface area contributed by atoms with E-state index in [4.69, 9.17) is 0 Å². The summed E-state index contributed by atoms with van der Waals surface area (Å²) in [6, 6.07) is 12.3. The molecule has 0 saturated carbocycles. The molecule has 0 spiro atoms. The van der Waals surface area contributed by atoms with E-state index in [0.717, 1.165) is 12.1 Å². The van der Waals surface area contributed by atoms with Crippen molar-refractivity contribution in [2.75, 3.05) is 38.1 Å². The molecule has 3 nitrogen and oxygen atoms in total. The first-order chi connectivity index (χ1) is 10.3. The highest BCUT2D eigenvalue weighted by atomic mass is 15.2. The second-order valence-electron chi connectivity index (χ2n) is 6.64. The summed E-state index contributed by atoms with van der Waals surface area (Å²) in [6.45, 7) is 4.81. The number of piperidine rings is 2. The lowest BCUT2D eigenvalue weighted by Crippen LogP contribution is -2.49. The lowest BCUT2D eigenvalue weighted by Gasteiger charge is -2.39. The minimum absolute atomic E-state index is 0.718. The van der Waals surface area contributed by atoms with E-state index < -0.39 is 0 Å². The van der Waals surface area contributed by atoms with Gasteiger partial charge in [0.05, 0.1) is 0 Å². The number of likely N-dealkylation sites (N-methyl/N-ethyl adjacent to an activating group) is 1. The molecule has 1 unspecified atom stereocenters. The molecule has 2 saturated heterocycles. The van der Waals surface area contributed by atoms with Crippen LogP contribution in [-0.4, -0.2) is 50.2 Å². The van der Waals surface area contributed by atoms with Crippen molar-refractivity contribution >= 4 is 5.69 Å². The number of para-hydroxylation sites is 1. The summed E-state index contributed by atoms with van der Waals surface area (Å²) in [4.78, 5) is 5.13. The Bertz CT molecular complexity index is 406. The van der Waals surface area contributed by atoms with Crippen LogP contribution < -0.4 is 10.2 Å². The second kappa shape index (κ2) is 7.28. The Morgan fingerprint density at radius 1 is 1.10 bits per heavy atom. The van der Waals surface area contributed by atoms with Gasteiger partial charge in [0.1, 0.15) is 0 Å². The largest absolute Gasteiger partial charge is 0.371 e. The summed E-state index contributed by atoms with van der Waals surface area (Å²) in [5.41, 5.74) is 1.38. The Morgan fingerprint density at radius 2 is 1.86 bits per heavy atom. The van der Waals surface area contributed by atoms with Crippen molar-refractivity contribution in [3.63, 3.8) is 0 Å². The molecule has 0 bridgehead atoms. The number of rotatable bonds is 4. The minimum atomic E-state index is 0.718. The quantitative estimate of drug-likeness (QED) is 0.918. The van der Waals surface area contributed by atoms with Crippen LogP contribution in [0, 0.1) is 0 Å². The molecule has 0 radical (unpaired) electrons. The van der Waals surface area contributed by atoms with Gasteiger partial charge in [-0.15, -0.1) is 0 Å². The third-order valence-corrected chi connectivity index (χ3v) is 5.13. The van der Waals surface area contributed by atoms with Crippen molar-refractivity contribution in [2.24, 2.45) is 0 Å². The van der Waals surface area contributed by atoms with Crippen LogP contribution in [0.3, 0.4) is 0 Å². The summed E-state index contributed by atoms with van der Waals surface area (Å²) in [5, 5.41) is 3.67. The second-order valence-corrected chi connectivity index (χ2v) is 6.64. The smallest absolute Gasteiger partial charge is 0.0366 e. The average Bonchev–Trinajstić information content (AvgIpc) is 2.57. The normalized spacial score (nSPS) is 24.5. The standard InChI is InChI=1S/C18H29N3/c1-20(15-16-7-5-6-12-19-16)17-10-13-21(14-11-17)18-8-3-2-4-9-18/h2-4,8-9,16-17,19H,5-7,10-15H2,1H3. The van der Waals surface area contributed by atoms with Crippen LogP contribution in [0.15, 0.2) is 30.3 Å². The molecular formula is C18H29N3. The molecule has 3 heteroatoms. The maximum Gasteiger partial charge on any atom is 0.0366 e. The molecule has 116 valence electrons. The molecule has 2 aliphatic rings. The lowest BCUT2D eigenvalue weighted by atomic mass is 10.00. The van der Waals surface area contributed by atoms with Gasteiger partial charge in [-0.3, -0.25) is 0 Å². The van der Waals surface area contributed by atoms with Gasteiger partial charge < -0.3 is 15.1 Å². The molecule has 1 N–H and O–H groups in total. The van der Waals surface area contributed by atoms with Crippen LogP contribution in [0.25, 0.3) is 0 Å². The predicted molar refractivity (Wildman–Crippen MR) is 89.9 cm³/mol. The highest BCUT2D eigenvalue weighted by Crippen LogP contribution is 2.22. The number of hydrogen-bond acceptors (Lipinski definition) is 3. The van der Waals surface area contributed by atoms with Crippen LogP contribution in [0.4, 0.5) is 5.69 Å². The van der Waals surface area contributed by atoms with Gasteiger partial charge in [-0.2, -0.15) is 0 Å². The highest BCUT2D eigenvalue weighted by molar-refractivity contribution is 5.46. The minimum Gasteiger partial charge on any atom is -0.371 e. The van der Waals surface area contributed by atoms with Crippen LogP contribution in [0.5, 0.6) is 0 Å². The molecule has 1 aromatic rings. The Kier molecular flexibility index (Phi) is 5.15. The molecule has 3 rings (SSSR count). The van der Waals surface area contributed by atoms with Gasteiger partial charge in [0.15, 0.2) is 0 Å².